The maximum atomic E-state index is 12.0. The van der Waals surface area contributed by atoms with E-state index in [1.807, 2.05) is 11.8 Å². The lowest BCUT2D eigenvalue weighted by Crippen LogP contribution is -2.55. The fourth-order valence-corrected chi connectivity index (χ4v) is 2.03. The third-order valence-corrected chi connectivity index (χ3v) is 2.86. The SMILES string of the molecule is C[C@@H]1CNC[C@H](C(=O)N2CCNCC2)O1. The van der Waals surface area contributed by atoms with Crippen molar-refractivity contribution in [3.05, 3.63) is 0 Å². The van der Waals surface area contributed by atoms with Crippen LogP contribution in [-0.4, -0.2) is 62.3 Å². The number of morpholine rings is 1. The number of carbonyl (C=O) groups is 1. The number of nitrogens with zero attached hydrogens (tertiary/aromatic N) is 1. The van der Waals surface area contributed by atoms with Gasteiger partial charge < -0.3 is 20.3 Å². The average molecular weight is 213 g/mol. The molecule has 5 nitrogen and oxygen atoms in total. The molecule has 0 aromatic rings. The van der Waals surface area contributed by atoms with Crippen molar-refractivity contribution in [2.24, 2.45) is 0 Å². The summed E-state index contributed by atoms with van der Waals surface area (Å²) in [7, 11) is 0. The third kappa shape index (κ3) is 2.68. The summed E-state index contributed by atoms with van der Waals surface area (Å²) in [5.74, 6) is 0.135. The highest BCUT2D eigenvalue weighted by atomic mass is 16.5. The van der Waals surface area contributed by atoms with Crippen LogP contribution in [0.5, 0.6) is 0 Å². The van der Waals surface area contributed by atoms with Gasteiger partial charge in [-0.05, 0) is 6.92 Å². The zero-order chi connectivity index (χ0) is 10.7. The number of carbonyl (C=O) groups excluding carboxylic acids is 1. The van der Waals surface area contributed by atoms with Gasteiger partial charge in [0.05, 0.1) is 6.10 Å². The molecule has 2 aliphatic heterocycles. The number of hydrogen-bond donors (Lipinski definition) is 2. The molecular weight excluding hydrogens is 194 g/mol. The van der Waals surface area contributed by atoms with Gasteiger partial charge in [-0.1, -0.05) is 0 Å². The summed E-state index contributed by atoms with van der Waals surface area (Å²) in [5, 5.41) is 6.45. The molecular formula is C10H19N3O2. The summed E-state index contributed by atoms with van der Waals surface area (Å²) in [5.41, 5.74) is 0. The van der Waals surface area contributed by atoms with Gasteiger partial charge in [-0.3, -0.25) is 4.79 Å². The number of hydrogen-bond acceptors (Lipinski definition) is 4. The zero-order valence-corrected chi connectivity index (χ0v) is 9.16. The Morgan fingerprint density at radius 2 is 2.00 bits per heavy atom. The first-order chi connectivity index (χ1) is 7.27. The van der Waals surface area contributed by atoms with Gasteiger partial charge in [-0.15, -0.1) is 0 Å². The molecule has 5 heteroatoms. The Kier molecular flexibility index (Phi) is 3.56. The molecule has 86 valence electrons. The van der Waals surface area contributed by atoms with Gasteiger partial charge in [-0.2, -0.15) is 0 Å². The van der Waals surface area contributed by atoms with Crippen molar-refractivity contribution in [1.29, 1.82) is 0 Å². The number of amides is 1. The van der Waals surface area contributed by atoms with Crippen molar-refractivity contribution in [3.8, 4) is 0 Å². The molecule has 0 unspecified atom stereocenters. The van der Waals surface area contributed by atoms with Crippen LogP contribution in [0.3, 0.4) is 0 Å². The van der Waals surface area contributed by atoms with Crippen molar-refractivity contribution >= 4 is 5.91 Å². The predicted molar refractivity (Wildman–Crippen MR) is 56.7 cm³/mol. The second-order valence-corrected chi connectivity index (χ2v) is 4.17. The number of nitrogens with one attached hydrogen (secondary N) is 2. The second-order valence-electron chi connectivity index (χ2n) is 4.17. The maximum absolute atomic E-state index is 12.0. The molecule has 2 aliphatic rings. The van der Waals surface area contributed by atoms with E-state index >= 15 is 0 Å². The van der Waals surface area contributed by atoms with E-state index < -0.39 is 0 Å². The van der Waals surface area contributed by atoms with Crippen LogP contribution in [0, 0.1) is 0 Å². The van der Waals surface area contributed by atoms with E-state index in [1.165, 1.54) is 0 Å². The Labute approximate surface area is 90.1 Å². The third-order valence-electron chi connectivity index (χ3n) is 2.86. The van der Waals surface area contributed by atoms with Crippen LogP contribution < -0.4 is 10.6 Å². The second kappa shape index (κ2) is 4.92. The van der Waals surface area contributed by atoms with E-state index in [0.717, 1.165) is 32.7 Å². The quantitative estimate of drug-likeness (QED) is 0.574. The van der Waals surface area contributed by atoms with Gasteiger partial charge in [0.25, 0.3) is 5.91 Å². The van der Waals surface area contributed by atoms with E-state index in [9.17, 15) is 4.79 Å². The zero-order valence-electron chi connectivity index (χ0n) is 9.16. The molecule has 15 heavy (non-hydrogen) atoms. The minimum Gasteiger partial charge on any atom is -0.363 e. The summed E-state index contributed by atoms with van der Waals surface area (Å²) in [6, 6.07) is 0. The van der Waals surface area contributed by atoms with Gasteiger partial charge in [-0.25, -0.2) is 0 Å². The molecule has 2 N–H and O–H groups in total. The Balaban J connectivity index is 1.88. The monoisotopic (exact) mass is 213 g/mol. The van der Waals surface area contributed by atoms with E-state index in [-0.39, 0.29) is 18.1 Å². The van der Waals surface area contributed by atoms with E-state index in [2.05, 4.69) is 10.6 Å². The lowest BCUT2D eigenvalue weighted by atomic mass is 10.2. The molecule has 2 rings (SSSR count). The number of piperazine rings is 1. The van der Waals surface area contributed by atoms with Crippen molar-refractivity contribution in [1.82, 2.24) is 15.5 Å². The molecule has 0 saturated carbocycles. The molecule has 0 aromatic heterocycles. The van der Waals surface area contributed by atoms with Gasteiger partial charge in [0, 0.05) is 39.3 Å². The Morgan fingerprint density at radius 1 is 1.27 bits per heavy atom. The highest BCUT2D eigenvalue weighted by Gasteiger charge is 2.29. The Bertz CT molecular complexity index is 229. The van der Waals surface area contributed by atoms with Crippen LogP contribution >= 0.6 is 0 Å². The molecule has 0 aromatic carbocycles. The highest BCUT2D eigenvalue weighted by molar-refractivity contribution is 5.81. The van der Waals surface area contributed by atoms with E-state index in [0.29, 0.717) is 6.54 Å². The van der Waals surface area contributed by atoms with Gasteiger partial charge in [0.2, 0.25) is 0 Å². The smallest absolute Gasteiger partial charge is 0.253 e. The first-order valence-corrected chi connectivity index (χ1v) is 5.63. The summed E-state index contributed by atoms with van der Waals surface area (Å²) in [6.07, 6.45) is -0.150. The lowest BCUT2D eigenvalue weighted by Gasteiger charge is -2.34. The molecule has 2 heterocycles. The molecule has 1 amide bonds. The van der Waals surface area contributed by atoms with Crippen LogP contribution in [0.2, 0.25) is 0 Å². The van der Waals surface area contributed by atoms with Crippen LogP contribution in [0.25, 0.3) is 0 Å². The summed E-state index contributed by atoms with van der Waals surface area (Å²) in [4.78, 5) is 13.9. The Hall–Kier alpha value is -0.650. The molecule has 0 radical (unpaired) electrons. The molecule has 0 spiro atoms. The standard InChI is InChI=1S/C10H19N3O2/c1-8-6-12-7-9(15-8)10(14)13-4-2-11-3-5-13/h8-9,11-12H,2-7H2,1H3/t8-,9-/m1/s1. The lowest BCUT2D eigenvalue weighted by molar-refractivity contribution is -0.150. The fraction of sp³-hybridized carbons (Fsp3) is 0.900. The largest absolute Gasteiger partial charge is 0.363 e. The first-order valence-electron chi connectivity index (χ1n) is 5.63. The molecule has 2 atom stereocenters. The molecule has 0 bridgehead atoms. The van der Waals surface area contributed by atoms with Crippen LogP contribution in [0.4, 0.5) is 0 Å². The Morgan fingerprint density at radius 3 is 2.67 bits per heavy atom. The van der Waals surface area contributed by atoms with E-state index in [1.54, 1.807) is 0 Å². The van der Waals surface area contributed by atoms with Gasteiger partial charge in [0.15, 0.2) is 0 Å². The molecule has 2 fully saturated rings. The first kappa shape index (κ1) is 10.9. The van der Waals surface area contributed by atoms with Gasteiger partial charge in [0.1, 0.15) is 6.10 Å². The van der Waals surface area contributed by atoms with Crippen molar-refractivity contribution in [2.75, 3.05) is 39.3 Å². The summed E-state index contributed by atoms with van der Waals surface area (Å²) in [6.45, 7) is 6.85. The highest BCUT2D eigenvalue weighted by Crippen LogP contribution is 2.07. The topological polar surface area (TPSA) is 53.6 Å². The van der Waals surface area contributed by atoms with Crippen LogP contribution in [0.1, 0.15) is 6.92 Å². The summed E-state index contributed by atoms with van der Waals surface area (Å²) >= 11 is 0. The van der Waals surface area contributed by atoms with Crippen LogP contribution in [-0.2, 0) is 9.53 Å². The van der Waals surface area contributed by atoms with Crippen molar-refractivity contribution < 1.29 is 9.53 Å². The van der Waals surface area contributed by atoms with Crippen molar-refractivity contribution in [3.63, 3.8) is 0 Å². The molecule has 0 aliphatic carbocycles. The minimum absolute atomic E-state index is 0.135. The normalized spacial score (nSPS) is 32.7. The molecule has 2 saturated heterocycles. The van der Waals surface area contributed by atoms with Crippen molar-refractivity contribution in [2.45, 2.75) is 19.1 Å². The summed E-state index contributed by atoms with van der Waals surface area (Å²) < 4.78 is 5.63. The average Bonchev–Trinajstić information content (AvgIpc) is 2.29. The minimum atomic E-state index is -0.285. The van der Waals surface area contributed by atoms with Crippen LogP contribution in [0.15, 0.2) is 0 Å². The maximum Gasteiger partial charge on any atom is 0.253 e. The number of rotatable bonds is 1. The fourth-order valence-electron chi connectivity index (χ4n) is 2.03. The van der Waals surface area contributed by atoms with Gasteiger partial charge >= 0.3 is 0 Å². The predicted octanol–water partition coefficient (Wildman–Crippen LogP) is -1.20. The number of ether oxygens (including phenoxy) is 1. The van der Waals surface area contributed by atoms with E-state index in [4.69, 9.17) is 4.74 Å².